The molecular formula is C61H114N8O4. The average molecular weight is 1020 g/mol. The summed E-state index contributed by atoms with van der Waals surface area (Å²) in [5.74, 6) is 6.86. The van der Waals surface area contributed by atoms with Crippen molar-refractivity contribution in [3.8, 4) is 0 Å². The molecule has 73 heavy (non-hydrogen) atoms. The molecule has 20 unspecified atom stereocenters. The van der Waals surface area contributed by atoms with Gasteiger partial charge in [0, 0.05) is 23.7 Å². The first-order valence-electron chi connectivity index (χ1n) is 31.4. The van der Waals surface area contributed by atoms with Crippen LogP contribution in [0.2, 0.25) is 0 Å². The summed E-state index contributed by atoms with van der Waals surface area (Å²) < 4.78 is 30.0. The van der Waals surface area contributed by atoms with E-state index in [0.29, 0.717) is 94.7 Å². The van der Waals surface area contributed by atoms with Gasteiger partial charge in [0.1, 0.15) is 0 Å². The molecule has 5 saturated heterocycles. The van der Waals surface area contributed by atoms with Gasteiger partial charge < -0.3 is 18.9 Å². The van der Waals surface area contributed by atoms with E-state index in [0.717, 1.165) is 25.7 Å². The fraction of sp³-hybridized carbons (Fsp3) is 1.00. The van der Waals surface area contributed by atoms with E-state index < -0.39 is 0 Å². The second kappa shape index (κ2) is 24.1. The summed E-state index contributed by atoms with van der Waals surface area (Å²) in [7, 11) is 2.45. The minimum absolute atomic E-state index is 0.0998. The Hall–Kier alpha value is -0.480. The molecule has 5 heterocycles. The average Bonchev–Trinajstić information content (AvgIpc) is 4.05. The Labute approximate surface area is 447 Å². The van der Waals surface area contributed by atoms with Crippen LogP contribution in [0, 0.1) is 94.7 Å². The Morgan fingerprint density at radius 2 is 0.534 bits per heavy atom. The quantitative estimate of drug-likeness (QED) is 0.0797. The van der Waals surface area contributed by atoms with Crippen LogP contribution in [-0.2, 0) is 18.9 Å². The molecule has 12 heteroatoms. The number of hydrogen-bond donors (Lipinski definition) is 7. The first-order chi connectivity index (χ1) is 34.7. The third-order valence-electron chi connectivity index (χ3n) is 21.0. The van der Waals surface area contributed by atoms with E-state index >= 15 is 0 Å². The summed E-state index contributed by atoms with van der Waals surface area (Å²) in [4.78, 5) is 2.76. The van der Waals surface area contributed by atoms with Crippen molar-refractivity contribution in [2.75, 3.05) is 7.05 Å². The molecular weight excluding hydrogens is 909 g/mol. The topological polar surface area (TPSA) is 124 Å². The predicted molar refractivity (Wildman–Crippen MR) is 297 cm³/mol. The van der Waals surface area contributed by atoms with Gasteiger partial charge in [0.15, 0.2) is 0 Å². The summed E-state index contributed by atoms with van der Waals surface area (Å²) in [6.45, 7) is 37.9. The van der Waals surface area contributed by atoms with Crippen molar-refractivity contribution in [1.29, 1.82) is 0 Å². The largest absolute Gasteiger partial charge is 0.374 e. The van der Waals surface area contributed by atoms with Gasteiger partial charge in [-0.1, -0.05) is 136 Å². The molecule has 7 N–H and O–H groups in total. The highest BCUT2D eigenvalue weighted by Gasteiger charge is 2.60. The number of nitrogens with zero attached hydrogens (tertiary/aromatic N) is 1. The second-order valence-corrected chi connectivity index (χ2v) is 28.8. The molecule has 9 aliphatic rings. The normalized spacial score (nSPS) is 42.4. The van der Waals surface area contributed by atoms with E-state index in [4.69, 9.17) is 18.9 Å². The predicted octanol–water partition coefficient (Wildman–Crippen LogP) is 9.65. The van der Waals surface area contributed by atoms with E-state index in [2.05, 4.69) is 160 Å². The molecule has 0 amide bonds. The summed E-state index contributed by atoms with van der Waals surface area (Å²) in [6, 6.07) is 0. The Bertz CT molecular complexity index is 1700. The molecule has 9 fully saturated rings. The molecule has 20 atom stereocenters. The van der Waals surface area contributed by atoms with E-state index in [1.165, 1.54) is 51.4 Å². The maximum absolute atomic E-state index is 7.53. The summed E-state index contributed by atoms with van der Waals surface area (Å²) in [5.41, 5.74) is 0. The summed E-state index contributed by atoms with van der Waals surface area (Å²) >= 11 is 0. The van der Waals surface area contributed by atoms with Gasteiger partial charge in [-0.2, -0.15) is 0 Å². The zero-order chi connectivity index (χ0) is 52.3. The highest BCUT2D eigenvalue weighted by Crippen LogP contribution is 2.50. The molecule has 4 saturated carbocycles. The fourth-order valence-electron chi connectivity index (χ4n) is 18.2. The number of fused-ring (bicyclic) bond motifs is 20. The van der Waals surface area contributed by atoms with Crippen molar-refractivity contribution in [2.45, 2.75) is 286 Å². The van der Waals surface area contributed by atoms with Gasteiger partial charge in [0.2, 0.25) is 0 Å². The van der Waals surface area contributed by atoms with Crippen molar-refractivity contribution < 1.29 is 18.9 Å². The summed E-state index contributed by atoms with van der Waals surface area (Å²) in [5, 5.41) is 31.3. The van der Waals surface area contributed by atoms with E-state index in [1.807, 2.05) is 0 Å². The SMILES string of the molecule is CC(C)C(OC1CCCC2C3NC(NC4NC(NC5C6CCCC(OC(C(C)C)C(C)C)C6C(NC6NC(N3)C3C(OC(C(C)C)C(C)C)CCCC63)N5C)C3C(OC(C(C)C)C(C)C)CCCC43)C12)C(C)C. The van der Waals surface area contributed by atoms with Crippen molar-refractivity contribution in [1.82, 2.24) is 42.1 Å². The monoisotopic (exact) mass is 1020 g/mol. The zero-order valence-electron chi connectivity index (χ0n) is 49.5. The Kier molecular flexibility index (Phi) is 18.9. The maximum Gasteiger partial charge on any atom is 0.0677 e. The van der Waals surface area contributed by atoms with Crippen LogP contribution in [0.4, 0.5) is 0 Å². The van der Waals surface area contributed by atoms with Gasteiger partial charge in [0.25, 0.3) is 0 Å². The smallest absolute Gasteiger partial charge is 0.0677 e. The van der Waals surface area contributed by atoms with Gasteiger partial charge in [-0.15, -0.1) is 0 Å². The lowest BCUT2D eigenvalue weighted by molar-refractivity contribution is -0.116. The molecule has 12 nitrogen and oxygen atoms in total. The molecule has 5 aliphatic heterocycles. The van der Waals surface area contributed by atoms with Gasteiger partial charge in [0.05, 0.1) is 98.2 Å². The van der Waals surface area contributed by atoms with Crippen LogP contribution in [0.1, 0.15) is 188 Å². The zero-order valence-corrected chi connectivity index (χ0v) is 49.5. The third kappa shape index (κ3) is 11.7. The third-order valence-corrected chi connectivity index (χ3v) is 21.0. The van der Waals surface area contributed by atoms with Crippen molar-refractivity contribution in [3.63, 3.8) is 0 Å². The van der Waals surface area contributed by atoms with E-state index in [9.17, 15) is 0 Å². The molecule has 0 spiro atoms. The Balaban J connectivity index is 1.14. The fourth-order valence-corrected chi connectivity index (χ4v) is 18.2. The minimum Gasteiger partial charge on any atom is -0.374 e. The van der Waals surface area contributed by atoms with Crippen molar-refractivity contribution in [3.05, 3.63) is 0 Å². The van der Waals surface area contributed by atoms with Crippen LogP contribution < -0.4 is 37.2 Å². The van der Waals surface area contributed by atoms with Gasteiger partial charge in [-0.25, -0.2) is 0 Å². The standard InChI is InChI=1S/C61H114N8O4/c1-30(2)50(31(3)4)70-42-26-18-22-38-46(42)57-62-54(38)63-58-47-40(24-20-27-43(47)71-51(32(5)6)33(7)8)56(66-58)67-61-49-41(25-21-29-45(49)73-53(36(13)14)37(15)16)60(69(61)17)68-59-48-39(55(64-57)65-59)23-19-28-44(48)72-52(34(9)10)35(11)12/h30-68H,18-29H2,1-17H3. The van der Waals surface area contributed by atoms with Crippen molar-refractivity contribution >= 4 is 0 Å². The second-order valence-electron chi connectivity index (χ2n) is 28.8. The van der Waals surface area contributed by atoms with Gasteiger partial charge >= 0.3 is 0 Å². The van der Waals surface area contributed by atoms with E-state index in [1.54, 1.807) is 0 Å². The molecule has 0 aromatic heterocycles. The van der Waals surface area contributed by atoms with Crippen LogP contribution >= 0.6 is 0 Å². The molecule has 422 valence electrons. The van der Waals surface area contributed by atoms with E-state index in [-0.39, 0.29) is 98.2 Å². The van der Waals surface area contributed by atoms with Crippen LogP contribution in [0.25, 0.3) is 0 Å². The highest BCUT2D eigenvalue weighted by atomic mass is 16.5. The van der Waals surface area contributed by atoms with Crippen LogP contribution in [0.5, 0.6) is 0 Å². The van der Waals surface area contributed by atoms with Crippen LogP contribution in [-0.4, -0.2) is 110 Å². The molecule has 0 aromatic rings. The molecule has 8 bridgehead atoms. The number of rotatable bonds is 16. The number of hydrogen-bond acceptors (Lipinski definition) is 12. The number of nitrogens with one attached hydrogen (secondary N) is 7. The summed E-state index contributed by atoms with van der Waals surface area (Å²) in [6.07, 6.45) is 16.9. The first kappa shape index (κ1) is 57.2. The first-order valence-corrected chi connectivity index (χ1v) is 31.4. The van der Waals surface area contributed by atoms with Crippen molar-refractivity contribution in [2.24, 2.45) is 94.7 Å². The lowest BCUT2D eigenvalue weighted by atomic mass is 9.74. The maximum atomic E-state index is 7.53. The minimum atomic E-state index is 0.0998. The van der Waals surface area contributed by atoms with Gasteiger partial charge in [-0.05, 0) is 129 Å². The molecule has 4 aliphatic carbocycles. The lowest BCUT2D eigenvalue weighted by Crippen LogP contribution is -2.62. The highest BCUT2D eigenvalue weighted by molar-refractivity contribution is 5.12. The lowest BCUT2D eigenvalue weighted by Gasteiger charge is -2.43. The van der Waals surface area contributed by atoms with Crippen LogP contribution in [0.15, 0.2) is 0 Å². The number of ether oxygens (including phenoxy) is 4. The Morgan fingerprint density at radius 3 is 0.836 bits per heavy atom. The molecule has 0 aromatic carbocycles. The molecule has 9 rings (SSSR count). The van der Waals surface area contributed by atoms with Crippen LogP contribution in [0.3, 0.4) is 0 Å². The Morgan fingerprint density at radius 1 is 0.288 bits per heavy atom. The van der Waals surface area contributed by atoms with Gasteiger partial charge in [-0.3, -0.25) is 42.1 Å². The molecule has 0 radical (unpaired) electrons.